The Bertz CT molecular complexity index is 759. The molecule has 130 valence electrons. The van der Waals surface area contributed by atoms with Gasteiger partial charge >= 0.3 is 0 Å². The molecule has 1 aliphatic heterocycles. The van der Waals surface area contributed by atoms with Gasteiger partial charge in [-0.3, -0.25) is 14.5 Å². The number of hydrogen-bond donors (Lipinski definition) is 1. The molecule has 1 N–H and O–H groups in total. The van der Waals surface area contributed by atoms with Crippen LogP contribution in [-0.4, -0.2) is 29.9 Å². The third kappa shape index (κ3) is 4.15. The summed E-state index contributed by atoms with van der Waals surface area (Å²) in [6.07, 6.45) is 3.10. The molecule has 0 atom stereocenters. The van der Waals surface area contributed by atoms with Crippen LogP contribution >= 0.6 is 0 Å². The minimum Gasteiger partial charge on any atom is -0.494 e. The van der Waals surface area contributed by atoms with Crippen molar-refractivity contribution in [2.75, 3.05) is 18.1 Å². The Morgan fingerprint density at radius 3 is 2.76 bits per heavy atom. The number of aromatic nitrogens is 1. The van der Waals surface area contributed by atoms with Crippen molar-refractivity contribution >= 4 is 17.6 Å². The molecule has 1 aromatic heterocycles. The Morgan fingerprint density at radius 1 is 1.28 bits per heavy atom. The molecule has 0 radical (unpaired) electrons. The number of carbonyl (C=O) groups excluding carboxylic acids is 2. The number of anilines is 1. The molecule has 1 fully saturated rings. The van der Waals surface area contributed by atoms with Crippen LogP contribution in [0, 0.1) is 0 Å². The Balaban J connectivity index is 1.61. The standard InChI is InChI=1S/C19H21N3O3/c1-2-25-16-7-5-15(6-8-16)19(24)21-13-14-9-10-20-17(12-14)22-11-3-4-18(22)23/h5-10,12H,2-4,11,13H2,1H3,(H,21,24). The van der Waals surface area contributed by atoms with E-state index in [0.29, 0.717) is 37.5 Å². The van der Waals surface area contributed by atoms with Gasteiger partial charge in [0.15, 0.2) is 0 Å². The first-order valence-electron chi connectivity index (χ1n) is 8.43. The van der Waals surface area contributed by atoms with E-state index in [0.717, 1.165) is 17.7 Å². The second-order valence-corrected chi connectivity index (χ2v) is 5.81. The van der Waals surface area contributed by atoms with Gasteiger partial charge in [-0.15, -0.1) is 0 Å². The predicted octanol–water partition coefficient (Wildman–Crippen LogP) is 2.54. The number of amides is 2. The largest absolute Gasteiger partial charge is 0.494 e. The van der Waals surface area contributed by atoms with Crippen LogP contribution in [0.5, 0.6) is 5.75 Å². The van der Waals surface area contributed by atoms with Gasteiger partial charge < -0.3 is 10.1 Å². The molecular formula is C19H21N3O3. The first-order valence-corrected chi connectivity index (χ1v) is 8.43. The van der Waals surface area contributed by atoms with Gasteiger partial charge in [-0.05, 0) is 55.3 Å². The van der Waals surface area contributed by atoms with E-state index in [9.17, 15) is 9.59 Å². The molecular weight excluding hydrogens is 318 g/mol. The maximum atomic E-state index is 12.2. The lowest BCUT2D eigenvalue weighted by Crippen LogP contribution is -2.26. The normalized spacial score (nSPS) is 13.8. The first-order chi connectivity index (χ1) is 12.2. The predicted molar refractivity (Wildman–Crippen MR) is 94.6 cm³/mol. The van der Waals surface area contributed by atoms with E-state index in [-0.39, 0.29) is 11.8 Å². The van der Waals surface area contributed by atoms with Crippen LogP contribution in [0.25, 0.3) is 0 Å². The highest BCUT2D eigenvalue weighted by molar-refractivity contribution is 5.95. The van der Waals surface area contributed by atoms with Crippen molar-refractivity contribution < 1.29 is 14.3 Å². The van der Waals surface area contributed by atoms with E-state index in [1.54, 1.807) is 35.4 Å². The minimum atomic E-state index is -0.154. The smallest absolute Gasteiger partial charge is 0.251 e. The number of nitrogens with one attached hydrogen (secondary N) is 1. The van der Waals surface area contributed by atoms with Crippen LogP contribution in [0.15, 0.2) is 42.6 Å². The zero-order chi connectivity index (χ0) is 17.6. The fourth-order valence-corrected chi connectivity index (χ4v) is 2.76. The summed E-state index contributed by atoms with van der Waals surface area (Å²) < 4.78 is 5.37. The van der Waals surface area contributed by atoms with Crippen LogP contribution in [0.2, 0.25) is 0 Å². The summed E-state index contributed by atoms with van der Waals surface area (Å²) in [4.78, 5) is 30.0. The molecule has 3 rings (SSSR count). The zero-order valence-corrected chi connectivity index (χ0v) is 14.2. The molecule has 0 saturated carbocycles. The molecule has 0 bridgehead atoms. The Morgan fingerprint density at radius 2 is 2.08 bits per heavy atom. The van der Waals surface area contributed by atoms with E-state index in [1.807, 2.05) is 19.1 Å². The first kappa shape index (κ1) is 17.0. The molecule has 0 spiro atoms. The molecule has 6 nitrogen and oxygen atoms in total. The monoisotopic (exact) mass is 339 g/mol. The summed E-state index contributed by atoms with van der Waals surface area (Å²) in [5.74, 6) is 1.34. The Labute approximate surface area is 146 Å². The number of hydrogen-bond acceptors (Lipinski definition) is 4. The number of pyridine rings is 1. The highest BCUT2D eigenvalue weighted by atomic mass is 16.5. The van der Waals surface area contributed by atoms with Gasteiger partial charge in [0.1, 0.15) is 11.6 Å². The van der Waals surface area contributed by atoms with E-state index < -0.39 is 0 Å². The fraction of sp³-hybridized carbons (Fsp3) is 0.316. The summed E-state index contributed by atoms with van der Waals surface area (Å²) in [5, 5.41) is 2.88. The highest BCUT2D eigenvalue weighted by Crippen LogP contribution is 2.19. The van der Waals surface area contributed by atoms with E-state index in [2.05, 4.69) is 10.3 Å². The van der Waals surface area contributed by atoms with E-state index in [4.69, 9.17) is 4.74 Å². The van der Waals surface area contributed by atoms with Crippen molar-refractivity contribution in [2.45, 2.75) is 26.3 Å². The lowest BCUT2D eigenvalue weighted by atomic mass is 10.2. The summed E-state index contributed by atoms with van der Waals surface area (Å²) >= 11 is 0. The third-order valence-electron chi connectivity index (χ3n) is 4.04. The SMILES string of the molecule is CCOc1ccc(C(=O)NCc2ccnc(N3CCCC3=O)c2)cc1. The van der Waals surface area contributed by atoms with Gasteiger partial charge in [0, 0.05) is 31.3 Å². The summed E-state index contributed by atoms with van der Waals surface area (Å²) in [5.41, 5.74) is 1.48. The van der Waals surface area contributed by atoms with Crippen molar-refractivity contribution in [1.29, 1.82) is 0 Å². The Kier molecular flexibility index (Phi) is 5.28. The third-order valence-corrected chi connectivity index (χ3v) is 4.04. The second kappa shape index (κ2) is 7.79. The lowest BCUT2D eigenvalue weighted by Gasteiger charge is -2.15. The number of nitrogens with zero attached hydrogens (tertiary/aromatic N) is 2. The number of benzene rings is 1. The maximum Gasteiger partial charge on any atom is 0.251 e. The van der Waals surface area contributed by atoms with Crippen molar-refractivity contribution in [3.8, 4) is 5.75 Å². The summed E-state index contributed by atoms with van der Waals surface area (Å²) in [7, 11) is 0. The fourth-order valence-electron chi connectivity index (χ4n) is 2.76. The number of carbonyl (C=O) groups is 2. The number of ether oxygens (including phenoxy) is 1. The van der Waals surface area contributed by atoms with Crippen LogP contribution in [0.3, 0.4) is 0 Å². The van der Waals surface area contributed by atoms with Gasteiger partial charge in [0.25, 0.3) is 5.91 Å². The van der Waals surface area contributed by atoms with Crippen molar-refractivity contribution in [1.82, 2.24) is 10.3 Å². The summed E-state index contributed by atoms with van der Waals surface area (Å²) in [6, 6.07) is 10.7. The van der Waals surface area contributed by atoms with Crippen LogP contribution in [-0.2, 0) is 11.3 Å². The molecule has 0 aliphatic carbocycles. The molecule has 0 unspecified atom stereocenters. The van der Waals surface area contributed by atoms with Gasteiger partial charge in [-0.25, -0.2) is 4.98 Å². The minimum absolute atomic E-state index is 0.100. The van der Waals surface area contributed by atoms with Gasteiger partial charge in [0.05, 0.1) is 6.61 Å². The maximum absolute atomic E-state index is 12.2. The molecule has 1 aliphatic rings. The zero-order valence-electron chi connectivity index (χ0n) is 14.2. The average Bonchev–Trinajstić information content (AvgIpc) is 3.07. The van der Waals surface area contributed by atoms with Gasteiger partial charge in [-0.1, -0.05) is 0 Å². The highest BCUT2D eigenvalue weighted by Gasteiger charge is 2.22. The molecule has 25 heavy (non-hydrogen) atoms. The molecule has 1 aromatic carbocycles. The Hall–Kier alpha value is -2.89. The van der Waals surface area contributed by atoms with E-state index >= 15 is 0 Å². The molecule has 6 heteroatoms. The van der Waals surface area contributed by atoms with Crippen LogP contribution < -0.4 is 15.0 Å². The summed E-state index contributed by atoms with van der Waals surface area (Å²) in [6.45, 7) is 3.59. The second-order valence-electron chi connectivity index (χ2n) is 5.81. The van der Waals surface area contributed by atoms with E-state index in [1.165, 1.54) is 0 Å². The number of rotatable bonds is 6. The van der Waals surface area contributed by atoms with Crippen molar-refractivity contribution in [3.05, 3.63) is 53.7 Å². The molecule has 2 heterocycles. The van der Waals surface area contributed by atoms with Crippen molar-refractivity contribution in [3.63, 3.8) is 0 Å². The molecule has 2 amide bonds. The van der Waals surface area contributed by atoms with Crippen molar-refractivity contribution in [2.24, 2.45) is 0 Å². The van der Waals surface area contributed by atoms with Gasteiger partial charge in [0.2, 0.25) is 5.91 Å². The molecule has 2 aromatic rings. The topological polar surface area (TPSA) is 71.5 Å². The van der Waals surface area contributed by atoms with Crippen LogP contribution in [0.4, 0.5) is 5.82 Å². The average molecular weight is 339 g/mol. The van der Waals surface area contributed by atoms with Gasteiger partial charge in [-0.2, -0.15) is 0 Å². The molecule has 1 saturated heterocycles. The van der Waals surface area contributed by atoms with Crippen LogP contribution in [0.1, 0.15) is 35.7 Å². The quantitative estimate of drug-likeness (QED) is 0.878. The lowest BCUT2D eigenvalue weighted by molar-refractivity contribution is -0.117.